The third-order valence-corrected chi connectivity index (χ3v) is 5.34. The van der Waals surface area contributed by atoms with Crippen molar-refractivity contribution >= 4 is 27.2 Å². The van der Waals surface area contributed by atoms with Crippen LogP contribution in [-0.2, 0) is 6.54 Å². The summed E-state index contributed by atoms with van der Waals surface area (Å²) in [6.45, 7) is 1.80. The second-order valence-corrected chi connectivity index (χ2v) is 6.69. The lowest BCUT2D eigenvalue weighted by Crippen LogP contribution is -2.27. The lowest BCUT2D eigenvalue weighted by atomic mass is 10.1. The first-order chi connectivity index (χ1) is 12.1. The van der Waals surface area contributed by atoms with Gasteiger partial charge < -0.3 is 0 Å². The second kappa shape index (κ2) is 6.10. The number of tetrazole rings is 1. The molecule has 0 saturated heterocycles. The van der Waals surface area contributed by atoms with Crippen molar-refractivity contribution in [2.45, 2.75) is 13.5 Å². The highest BCUT2D eigenvalue weighted by Gasteiger charge is 2.18. The Labute approximate surface area is 146 Å². The van der Waals surface area contributed by atoms with Gasteiger partial charge in [-0.3, -0.25) is 4.79 Å². The molecule has 0 atom stereocenters. The zero-order chi connectivity index (χ0) is 17.4. The predicted molar refractivity (Wildman–Crippen MR) is 96.5 cm³/mol. The van der Waals surface area contributed by atoms with Crippen LogP contribution >= 0.6 is 11.3 Å². The minimum absolute atomic E-state index is 0.126. The van der Waals surface area contributed by atoms with Crippen LogP contribution in [0.3, 0.4) is 0 Å². The summed E-state index contributed by atoms with van der Waals surface area (Å²) in [6.07, 6.45) is 0. The lowest BCUT2D eigenvalue weighted by molar-refractivity contribution is 0.0969. The molecule has 0 amide bonds. The molecule has 0 aliphatic carbocycles. The van der Waals surface area contributed by atoms with Crippen molar-refractivity contribution in [1.29, 1.82) is 0 Å². The van der Waals surface area contributed by atoms with E-state index in [1.54, 1.807) is 12.1 Å². The van der Waals surface area contributed by atoms with Crippen LogP contribution in [0.25, 0.3) is 15.8 Å². The van der Waals surface area contributed by atoms with Crippen molar-refractivity contribution in [1.82, 2.24) is 19.8 Å². The molecule has 2 heterocycles. The van der Waals surface area contributed by atoms with Gasteiger partial charge in [0.15, 0.2) is 5.78 Å². The van der Waals surface area contributed by atoms with Crippen molar-refractivity contribution in [3.05, 3.63) is 75.5 Å². The Balaban J connectivity index is 1.66. The molecular formula is C18H14N4O2S. The fourth-order valence-corrected chi connectivity index (χ4v) is 3.89. The molecule has 0 N–H and O–H groups in total. The summed E-state index contributed by atoms with van der Waals surface area (Å²) >= 11 is 1.44. The molecule has 4 rings (SSSR count). The quantitative estimate of drug-likeness (QED) is 0.531. The Morgan fingerprint density at radius 2 is 1.76 bits per heavy atom. The monoisotopic (exact) mass is 350 g/mol. The molecule has 0 saturated carbocycles. The summed E-state index contributed by atoms with van der Waals surface area (Å²) in [5, 5.41) is 8.77. The van der Waals surface area contributed by atoms with Crippen LogP contribution in [0, 0.1) is 6.92 Å². The highest BCUT2D eigenvalue weighted by Crippen LogP contribution is 2.30. The zero-order valence-electron chi connectivity index (χ0n) is 13.4. The number of Topliss-reactive ketones (excluding diaryl/α,β-unsaturated/α-hetero) is 1. The number of benzene rings is 2. The topological polar surface area (TPSA) is 69.8 Å². The van der Waals surface area contributed by atoms with E-state index >= 15 is 0 Å². The van der Waals surface area contributed by atoms with Gasteiger partial charge in [0.2, 0.25) is 0 Å². The SMILES string of the molecule is Cc1c(C(=O)Cn2nnn(-c3ccccc3)c2=O)sc2ccccc12. The average Bonchev–Trinajstić information content (AvgIpc) is 3.17. The smallest absolute Gasteiger partial charge is 0.291 e. The molecule has 6 nitrogen and oxygen atoms in total. The Morgan fingerprint density at radius 3 is 2.52 bits per heavy atom. The number of hydrogen-bond acceptors (Lipinski definition) is 5. The number of ketones is 1. The molecule has 0 aliphatic heterocycles. The van der Waals surface area contributed by atoms with Gasteiger partial charge in [0.05, 0.1) is 10.6 Å². The van der Waals surface area contributed by atoms with Gasteiger partial charge in [0.1, 0.15) is 6.54 Å². The molecule has 124 valence electrons. The van der Waals surface area contributed by atoms with Crippen molar-refractivity contribution in [2.75, 3.05) is 0 Å². The number of carbonyl (C=O) groups is 1. The molecule has 7 heteroatoms. The number of hydrogen-bond donors (Lipinski definition) is 0. The van der Waals surface area contributed by atoms with Crippen LogP contribution in [0.15, 0.2) is 59.4 Å². The van der Waals surface area contributed by atoms with E-state index in [9.17, 15) is 9.59 Å². The van der Waals surface area contributed by atoms with Gasteiger partial charge in [-0.1, -0.05) is 36.4 Å². The van der Waals surface area contributed by atoms with Crippen molar-refractivity contribution < 1.29 is 4.79 Å². The third-order valence-electron chi connectivity index (χ3n) is 4.03. The van der Waals surface area contributed by atoms with E-state index in [1.807, 2.05) is 49.4 Å². The molecule has 2 aromatic heterocycles. The maximum absolute atomic E-state index is 12.7. The number of carbonyl (C=O) groups excluding carboxylic acids is 1. The number of aromatic nitrogens is 4. The first kappa shape index (κ1) is 15.5. The number of thiophene rings is 1. The maximum atomic E-state index is 12.7. The largest absolute Gasteiger partial charge is 0.368 e. The molecule has 0 radical (unpaired) electrons. The Bertz CT molecular complexity index is 1120. The minimum atomic E-state index is -0.432. The van der Waals surface area contributed by atoms with Gasteiger partial charge >= 0.3 is 5.69 Å². The van der Waals surface area contributed by atoms with Crippen LogP contribution in [0.2, 0.25) is 0 Å². The van der Waals surface area contributed by atoms with Gasteiger partial charge in [-0.2, -0.15) is 9.36 Å². The van der Waals surface area contributed by atoms with Crippen LogP contribution in [-0.4, -0.2) is 25.6 Å². The number of rotatable bonds is 4. The lowest BCUT2D eigenvalue weighted by Gasteiger charge is -1.99. The summed E-state index contributed by atoms with van der Waals surface area (Å²) in [6, 6.07) is 16.9. The molecule has 0 spiro atoms. The minimum Gasteiger partial charge on any atom is -0.291 e. The summed E-state index contributed by atoms with van der Waals surface area (Å²) in [5.74, 6) is -0.138. The molecule has 2 aromatic carbocycles. The molecule has 0 aliphatic rings. The predicted octanol–water partition coefficient (Wildman–Crippen LogP) is 2.84. The Morgan fingerprint density at radius 1 is 1.04 bits per heavy atom. The maximum Gasteiger partial charge on any atom is 0.368 e. The first-order valence-electron chi connectivity index (χ1n) is 7.75. The summed E-state index contributed by atoms with van der Waals surface area (Å²) in [4.78, 5) is 25.8. The highest BCUT2D eigenvalue weighted by molar-refractivity contribution is 7.21. The van der Waals surface area contributed by atoms with Gasteiger partial charge in [-0.25, -0.2) is 4.79 Å². The molecule has 0 fully saturated rings. The van der Waals surface area contributed by atoms with Crippen LogP contribution in [0.4, 0.5) is 0 Å². The summed E-state index contributed by atoms with van der Waals surface area (Å²) < 4.78 is 3.34. The molecule has 0 unspecified atom stereocenters. The molecular weight excluding hydrogens is 336 g/mol. The fourth-order valence-electron chi connectivity index (χ4n) is 2.75. The van der Waals surface area contributed by atoms with Gasteiger partial charge in [0, 0.05) is 4.70 Å². The van der Waals surface area contributed by atoms with E-state index in [0.29, 0.717) is 10.6 Å². The van der Waals surface area contributed by atoms with E-state index in [-0.39, 0.29) is 12.3 Å². The van der Waals surface area contributed by atoms with Gasteiger partial charge in [0.25, 0.3) is 0 Å². The van der Waals surface area contributed by atoms with Crippen molar-refractivity contribution in [3.8, 4) is 5.69 Å². The standard InChI is InChI=1S/C18H14N4O2S/c1-12-14-9-5-6-10-16(14)25-17(12)15(23)11-21-18(24)22(20-19-21)13-7-3-2-4-8-13/h2-10H,11H2,1H3. The van der Waals surface area contributed by atoms with E-state index in [0.717, 1.165) is 20.3 Å². The third kappa shape index (κ3) is 2.68. The normalized spacial score (nSPS) is 11.1. The molecule has 25 heavy (non-hydrogen) atoms. The number of para-hydroxylation sites is 1. The van der Waals surface area contributed by atoms with Crippen LogP contribution in [0.5, 0.6) is 0 Å². The van der Waals surface area contributed by atoms with Crippen molar-refractivity contribution in [3.63, 3.8) is 0 Å². The Hall–Kier alpha value is -3.06. The number of nitrogens with zero attached hydrogens (tertiary/aromatic N) is 4. The number of aryl methyl sites for hydroxylation is 1. The van der Waals surface area contributed by atoms with E-state index in [4.69, 9.17) is 0 Å². The van der Waals surface area contributed by atoms with E-state index in [2.05, 4.69) is 10.4 Å². The van der Waals surface area contributed by atoms with Crippen LogP contribution < -0.4 is 5.69 Å². The van der Waals surface area contributed by atoms with Gasteiger partial charge in [-0.05, 0) is 46.5 Å². The zero-order valence-corrected chi connectivity index (χ0v) is 14.2. The summed E-state index contributed by atoms with van der Waals surface area (Å²) in [7, 11) is 0. The average molecular weight is 350 g/mol. The number of fused-ring (bicyclic) bond motifs is 1. The first-order valence-corrected chi connectivity index (χ1v) is 8.56. The highest BCUT2D eigenvalue weighted by atomic mass is 32.1. The van der Waals surface area contributed by atoms with Crippen LogP contribution in [0.1, 0.15) is 15.2 Å². The molecule has 4 aromatic rings. The summed E-state index contributed by atoms with van der Waals surface area (Å²) in [5.41, 5.74) is 1.12. The van der Waals surface area contributed by atoms with Crippen molar-refractivity contribution in [2.24, 2.45) is 0 Å². The van der Waals surface area contributed by atoms with E-state index < -0.39 is 5.69 Å². The van der Waals surface area contributed by atoms with E-state index in [1.165, 1.54) is 16.0 Å². The second-order valence-electron chi connectivity index (χ2n) is 5.64. The Kier molecular flexibility index (Phi) is 3.77. The molecule has 0 bridgehead atoms. The van der Waals surface area contributed by atoms with Gasteiger partial charge in [-0.15, -0.1) is 11.3 Å². The fraction of sp³-hybridized carbons (Fsp3) is 0.111.